The van der Waals surface area contributed by atoms with Gasteiger partial charge in [0.2, 0.25) is 11.8 Å². The molecule has 0 spiro atoms. The van der Waals surface area contributed by atoms with Gasteiger partial charge in [-0.1, -0.05) is 20.8 Å². The minimum absolute atomic E-state index is 0.143. The largest absolute Gasteiger partial charge is 0.422 e. The molecule has 0 amide bonds. The van der Waals surface area contributed by atoms with Crippen LogP contribution in [-0.4, -0.2) is 24.6 Å². The van der Waals surface area contributed by atoms with E-state index in [9.17, 15) is 0 Å². The van der Waals surface area contributed by atoms with Crippen LogP contribution in [0.3, 0.4) is 0 Å². The Hall–Kier alpha value is -0.723. The Morgan fingerprint density at radius 1 is 1.33 bits per heavy atom. The molecular formula is C15H29N3O2Si. The van der Waals surface area contributed by atoms with Gasteiger partial charge in [-0.3, -0.25) is 0 Å². The van der Waals surface area contributed by atoms with Gasteiger partial charge < -0.3 is 14.6 Å². The van der Waals surface area contributed by atoms with E-state index in [-0.39, 0.29) is 11.1 Å². The van der Waals surface area contributed by atoms with Gasteiger partial charge in [-0.2, -0.15) is 0 Å². The van der Waals surface area contributed by atoms with Crippen LogP contribution in [-0.2, 0) is 10.8 Å². The fraction of sp³-hybridized carbons (Fsp3) is 0.867. The third-order valence-electron chi connectivity index (χ3n) is 4.84. The molecule has 0 radical (unpaired) electrons. The monoisotopic (exact) mass is 311 g/mol. The van der Waals surface area contributed by atoms with E-state index in [2.05, 4.69) is 44.1 Å². The Balaban J connectivity index is 1.94. The number of nitrogens with zero attached hydrogens (tertiary/aromatic N) is 2. The van der Waals surface area contributed by atoms with Crippen molar-refractivity contribution >= 4 is 8.32 Å². The molecule has 6 heteroatoms. The Labute approximate surface area is 128 Å². The second kappa shape index (κ2) is 5.82. The third kappa shape index (κ3) is 3.93. The van der Waals surface area contributed by atoms with Gasteiger partial charge in [0.05, 0.1) is 0 Å². The fourth-order valence-corrected chi connectivity index (χ4v) is 3.72. The first-order chi connectivity index (χ1) is 9.58. The Bertz CT molecular complexity index is 476. The summed E-state index contributed by atoms with van der Waals surface area (Å²) in [6.07, 6.45) is 2.82. The highest BCUT2D eigenvalue weighted by atomic mass is 28.4. The Morgan fingerprint density at radius 2 is 1.95 bits per heavy atom. The number of hydrogen-bond donors (Lipinski definition) is 1. The molecule has 1 aliphatic rings. The van der Waals surface area contributed by atoms with Crippen LogP contribution >= 0.6 is 0 Å². The molecule has 1 fully saturated rings. The molecule has 21 heavy (non-hydrogen) atoms. The predicted octanol–water partition coefficient (Wildman–Crippen LogP) is 3.43. The molecule has 1 aromatic rings. The lowest BCUT2D eigenvalue weighted by Crippen LogP contribution is -2.41. The zero-order valence-corrected chi connectivity index (χ0v) is 15.1. The molecule has 2 N–H and O–H groups in total. The van der Waals surface area contributed by atoms with Gasteiger partial charge in [-0.15, -0.1) is 10.2 Å². The highest BCUT2D eigenvalue weighted by molar-refractivity contribution is 6.74. The first-order valence-electron chi connectivity index (χ1n) is 7.84. The van der Waals surface area contributed by atoms with Gasteiger partial charge in [0, 0.05) is 12.5 Å². The molecule has 5 nitrogen and oxygen atoms in total. The fourth-order valence-electron chi connectivity index (χ4n) is 2.38. The molecule has 1 atom stereocenters. The van der Waals surface area contributed by atoms with Crippen molar-refractivity contribution < 1.29 is 8.84 Å². The summed E-state index contributed by atoms with van der Waals surface area (Å²) in [5.74, 6) is 1.91. The summed E-state index contributed by atoms with van der Waals surface area (Å²) in [5, 5.41) is 8.49. The van der Waals surface area contributed by atoms with E-state index >= 15 is 0 Å². The van der Waals surface area contributed by atoms with Gasteiger partial charge in [-0.05, 0) is 43.8 Å². The zero-order chi connectivity index (χ0) is 15.8. The van der Waals surface area contributed by atoms with Crippen molar-refractivity contribution in [1.82, 2.24) is 10.2 Å². The number of hydrogen-bond acceptors (Lipinski definition) is 5. The lowest BCUT2D eigenvalue weighted by Gasteiger charge is -2.37. The van der Waals surface area contributed by atoms with Gasteiger partial charge in [0.25, 0.3) is 0 Å². The Morgan fingerprint density at radius 3 is 2.48 bits per heavy atom. The molecule has 0 bridgehead atoms. The van der Waals surface area contributed by atoms with E-state index < -0.39 is 8.32 Å². The molecular weight excluding hydrogens is 282 g/mol. The van der Waals surface area contributed by atoms with E-state index in [4.69, 9.17) is 14.6 Å². The smallest absolute Gasteiger partial charge is 0.243 e. The van der Waals surface area contributed by atoms with Crippen molar-refractivity contribution in [3.8, 4) is 0 Å². The van der Waals surface area contributed by atoms with E-state index in [1.165, 1.54) is 0 Å². The summed E-state index contributed by atoms with van der Waals surface area (Å²) in [6, 6.07) is 0.359. The van der Waals surface area contributed by atoms with Crippen molar-refractivity contribution in [2.75, 3.05) is 0 Å². The van der Waals surface area contributed by atoms with Gasteiger partial charge in [0.15, 0.2) is 8.32 Å². The third-order valence-corrected chi connectivity index (χ3v) is 9.40. The standard InChI is InChI=1S/C15H29N3O2Si/c1-10(20-21(5,6)15(2,3)4)14-18-17-13(19-14)9-11-7-12(16)8-11/h10-12H,7-9,16H2,1-6H3. The van der Waals surface area contributed by atoms with Crippen LogP contribution in [0.4, 0.5) is 0 Å². The molecule has 1 saturated carbocycles. The summed E-state index contributed by atoms with van der Waals surface area (Å²) < 4.78 is 12.1. The molecule has 0 aliphatic heterocycles. The van der Waals surface area contributed by atoms with Crippen molar-refractivity contribution in [1.29, 1.82) is 0 Å². The lowest BCUT2D eigenvalue weighted by molar-refractivity contribution is 0.164. The molecule has 0 aromatic carbocycles. The van der Waals surface area contributed by atoms with E-state index in [1.807, 2.05) is 6.92 Å². The lowest BCUT2D eigenvalue weighted by atomic mass is 9.79. The van der Waals surface area contributed by atoms with Gasteiger partial charge in [-0.25, -0.2) is 0 Å². The average Bonchev–Trinajstić information content (AvgIpc) is 2.73. The van der Waals surface area contributed by atoms with Crippen molar-refractivity contribution in [3.63, 3.8) is 0 Å². The van der Waals surface area contributed by atoms with Gasteiger partial charge >= 0.3 is 0 Å². The Kier molecular flexibility index (Phi) is 4.61. The molecule has 2 rings (SSSR count). The minimum Gasteiger partial charge on any atom is -0.422 e. The quantitative estimate of drug-likeness (QED) is 0.843. The van der Waals surface area contributed by atoms with Crippen LogP contribution in [0.1, 0.15) is 58.4 Å². The summed E-state index contributed by atoms with van der Waals surface area (Å²) in [7, 11) is -1.82. The first kappa shape index (κ1) is 16.6. The highest BCUT2D eigenvalue weighted by Gasteiger charge is 2.39. The van der Waals surface area contributed by atoms with Crippen LogP contribution in [0.15, 0.2) is 4.42 Å². The van der Waals surface area contributed by atoms with Crippen molar-refractivity contribution in [2.45, 2.75) is 77.2 Å². The maximum Gasteiger partial charge on any atom is 0.243 e. The summed E-state index contributed by atoms with van der Waals surface area (Å²) in [4.78, 5) is 0. The normalized spacial score (nSPS) is 24.7. The summed E-state index contributed by atoms with van der Waals surface area (Å²) >= 11 is 0. The van der Waals surface area contributed by atoms with Crippen molar-refractivity contribution in [2.24, 2.45) is 11.7 Å². The van der Waals surface area contributed by atoms with Crippen molar-refractivity contribution in [3.05, 3.63) is 11.8 Å². The van der Waals surface area contributed by atoms with Crippen LogP contribution in [0.5, 0.6) is 0 Å². The summed E-state index contributed by atoms with van der Waals surface area (Å²) in [6.45, 7) is 13.1. The average molecular weight is 312 g/mol. The first-order valence-corrected chi connectivity index (χ1v) is 10.7. The number of aromatic nitrogens is 2. The molecule has 0 saturated heterocycles. The molecule has 120 valence electrons. The van der Waals surface area contributed by atoms with Crippen LogP contribution in [0, 0.1) is 5.92 Å². The maximum absolute atomic E-state index is 6.29. The van der Waals surface area contributed by atoms with Crippen LogP contribution < -0.4 is 5.73 Å². The highest BCUT2D eigenvalue weighted by Crippen LogP contribution is 2.39. The number of rotatable bonds is 5. The van der Waals surface area contributed by atoms with E-state index in [0.29, 0.717) is 23.7 Å². The molecule has 1 aliphatic carbocycles. The second-order valence-electron chi connectivity index (χ2n) is 7.86. The molecule has 1 heterocycles. The van der Waals surface area contributed by atoms with Gasteiger partial charge in [0.1, 0.15) is 6.10 Å². The summed E-state index contributed by atoms with van der Waals surface area (Å²) in [5.41, 5.74) is 5.80. The van der Waals surface area contributed by atoms with Crippen LogP contribution in [0.2, 0.25) is 18.1 Å². The molecule has 1 unspecified atom stereocenters. The maximum atomic E-state index is 6.29. The second-order valence-corrected chi connectivity index (χ2v) is 12.6. The number of nitrogens with two attached hydrogens (primary N) is 1. The minimum atomic E-state index is -1.82. The predicted molar refractivity (Wildman–Crippen MR) is 85.4 cm³/mol. The van der Waals surface area contributed by atoms with E-state index in [0.717, 1.165) is 19.3 Å². The van der Waals surface area contributed by atoms with E-state index in [1.54, 1.807) is 0 Å². The van der Waals surface area contributed by atoms with Crippen LogP contribution in [0.25, 0.3) is 0 Å². The zero-order valence-electron chi connectivity index (χ0n) is 14.1. The SMILES string of the molecule is CC(O[Si](C)(C)C(C)(C)C)c1nnc(CC2CC(N)C2)o1. The molecule has 1 aromatic heterocycles. The topological polar surface area (TPSA) is 74.2 Å².